The Bertz CT molecular complexity index is 446. The Labute approximate surface area is 100 Å². The first-order valence-electron chi connectivity index (χ1n) is 5.55. The molecule has 0 spiro atoms. The lowest BCUT2D eigenvalue weighted by Crippen LogP contribution is -2.24. The van der Waals surface area contributed by atoms with Gasteiger partial charge in [0.2, 0.25) is 0 Å². The number of fused-ring (bicyclic) bond motifs is 1. The van der Waals surface area contributed by atoms with Crippen molar-refractivity contribution in [1.29, 1.82) is 0 Å². The number of nitrogens with one attached hydrogen (secondary N) is 1. The number of hydrogen-bond donors (Lipinski definition) is 1. The zero-order chi connectivity index (χ0) is 11.4. The Morgan fingerprint density at radius 2 is 2.25 bits per heavy atom. The maximum Gasteiger partial charge on any atom is 0.0658 e. The van der Waals surface area contributed by atoms with Gasteiger partial charge in [0.15, 0.2) is 0 Å². The van der Waals surface area contributed by atoms with Gasteiger partial charge >= 0.3 is 0 Å². The summed E-state index contributed by atoms with van der Waals surface area (Å²) >= 11 is 1.80. The molecule has 0 amide bonds. The fourth-order valence-electron chi connectivity index (χ4n) is 1.96. The van der Waals surface area contributed by atoms with E-state index in [1.807, 2.05) is 0 Å². The summed E-state index contributed by atoms with van der Waals surface area (Å²) in [5.74, 6) is 0. The third kappa shape index (κ3) is 2.26. The number of benzene rings is 1. The molecule has 0 aliphatic heterocycles. The largest absolute Gasteiger partial charge is 0.383 e. The lowest BCUT2D eigenvalue weighted by molar-refractivity contribution is 0.168. The van der Waals surface area contributed by atoms with Crippen molar-refractivity contribution in [2.75, 3.05) is 20.3 Å². The minimum Gasteiger partial charge on any atom is -0.383 e. The average molecular weight is 235 g/mol. The summed E-state index contributed by atoms with van der Waals surface area (Å²) in [6, 6.07) is 8.91. The molecule has 0 saturated heterocycles. The Kier molecular flexibility index (Phi) is 3.93. The summed E-state index contributed by atoms with van der Waals surface area (Å²) < 4.78 is 6.64. The molecule has 2 aromatic rings. The molecule has 0 aliphatic carbocycles. The van der Waals surface area contributed by atoms with Gasteiger partial charge in [-0.3, -0.25) is 0 Å². The molecule has 2 rings (SSSR count). The van der Waals surface area contributed by atoms with Crippen molar-refractivity contribution in [1.82, 2.24) is 5.32 Å². The van der Waals surface area contributed by atoms with E-state index in [1.165, 1.54) is 15.6 Å². The molecule has 0 aliphatic rings. The van der Waals surface area contributed by atoms with Crippen molar-refractivity contribution in [3.63, 3.8) is 0 Å². The molecule has 1 N–H and O–H groups in total. The normalized spacial score (nSPS) is 13.1. The first kappa shape index (κ1) is 11.6. The molecule has 1 aromatic heterocycles. The van der Waals surface area contributed by atoms with Gasteiger partial charge in [-0.2, -0.15) is 0 Å². The molecule has 0 fully saturated rings. The Hall–Kier alpha value is -0.900. The molecule has 1 atom stereocenters. The van der Waals surface area contributed by atoms with Gasteiger partial charge in [0.1, 0.15) is 0 Å². The van der Waals surface area contributed by atoms with Crippen LogP contribution < -0.4 is 5.32 Å². The van der Waals surface area contributed by atoms with Crippen molar-refractivity contribution in [3.05, 3.63) is 35.2 Å². The highest BCUT2D eigenvalue weighted by molar-refractivity contribution is 7.17. The van der Waals surface area contributed by atoms with E-state index in [1.54, 1.807) is 18.4 Å². The number of rotatable bonds is 5. The number of ether oxygens (including phenoxy) is 1. The van der Waals surface area contributed by atoms with Crippen molar-refractivity contribution >= 4 is 21.4 Å². The molecule has 0 bridgehead atoms. The average Bonchev–Trinajstić information content (AvgIpc) is 2.76. The third-order valence-corrected chi connectivity index (χ3v) is 3.65. The Balaban J connectivity index is 2.38. The van der Waals surface area contributed by atoms with Crippen molar-refractivity contribution in [2.24, 2.45) is 0 Å². The second-order valence-electron chi connectivity index (χ2n) is 3.75. The summed E-state index contributed by atoms with van der Waals surface area (Å²) in [6.07, 6.45) is 0. The number of thiophene rings is 1. The van der Waals surface area contributed by atoms with Crippen molar-refractivity contribution < 1.29 is 4.74 Å². The maximum atomic E-state index is 5.28. The van der Waals surface area contributed by atoms with Gasteiger partial charge in [-0.15, -0.1) is 11.3 Å². The minimum atomic E-state index is 0.289. The summed E-state index contributed by atoms with van der Waals surface area (Å²) in [6.45, 7) is 3.79. The van der Waals surface area contributed by atoms with Crippen LogP contribution in [0.4, 0.5) is 0 Å². The Morgan fingerprint density at radius 1 is 1.38 bits per heavy atom. The molecule has 0 saturated carbocycles. The number of hydrogen-bond acceptors (Lipinski definition) is 3. The first-order valence-corrected chi connectivity index (χ1v) is 6.43. The topological polar surface area (TPSA) is 21.3 Å². The van der Waals surface area contributed by atoms with Crippen LogP contribution in [-0.2, 0) is 4.74 Å². The number of methoxy groups -OCH3 is 1. The predicted molar refractivity (Wildman–Crippen MR) is 70.1 cm³/mol. The fourth-order valence-corrected chi connectivity index (χ4v) is 2.93. The van der Waals surface area contributed by atoms with Gasteiger partial charge < -0.3 is 10.1 Å². The molecule has 0 radical (unpaired) electrons. The van der Waals surface area contributed by atoms with Gasteiger partial charge in [0.25, 0.3) is 0 Å². The van der Waals surface area contributed by atoms with Crippen LogP contribution in [0.2, 0.25) is 0 Å². The molecule has 2 nitrogen and oxygen atoms in total. The molecular weight excluding hydrogens is 218 g/mol. The van der Waals surface area contributed by atoms with Crippen LogP contribution in [0.25, 0.3) is 10.1 Å². The van der Waals surface area contributed by atoms with Gasteiger partial charge in [0, 0.05) is 11.8 Å². The van der Waals surface area contributed by atoms with E-state index in [9.17, 15) is 0 Å². The first-order chi connectivity index (χ1) is 7.86. The quantitative estimate of drug-likeness (QED) is 0.859. The zero-order valence-corrected chi connectivity index (χ0v) is 10.5. The summed E-state index contributed by atoms with van der Waals surface area (Å²) in [7, 11) is 1.75. The lowest BCUT2D eigenvalue weighted by Gasteiger charge is -2.18. The zero-order valence-electron chi connectivity index (χ0n) is 9.69. The molecule has 16 heavy (non-hydrogen) atoms. The van der Waals surface area contributed by atoms with Gasteiger partial charge in [-0.25, -0.2) is 0 Å². The highest BCUT2D eigenvalue weighted by Gasteiger charge is 2.13. The maximum absolute atomic E-state index is 5.28. The molecule has 1 heterocycles. The highest BCUT2D eigenvalue weighted by atomic mass is 32.1. The molecule has 1 unspecified atom stereocenters. The summed E-state index contributed by atoms with van der Waals surface area (Å²) in [5.41, 5.74) is 1.34. The third-order valence-electron chi connectivity index (χ3n) is 2.67. The van der Waals surface area contributed by atoms with Crippen LogP contribution >= 0.6 is 11.3 Å². The van der Waals surface area contributed by atoms with Crippen LogP contribution in [0.5, 0.6) is 0 Å². The van der Waals surface area contributed by atoms with Crippen molar-refractivity contribution in [3.8, 4) is 0 Å². The van der Waals surface area contributed by atoms with Crippen LogP contribution in [0.1, 0.15) is 18.5 Å². The highest BCUT2D eigenvalue weighted by Crippen LogP contribution is 2.29. The Morgan fingerprint density at radius 3 is 3.00 bits per heavy atom. The number of likely N-dealkylation sites (N-methyl/N-ethyl adjacent to an activating group) is 1. The smallest absolute Gasteiger partial charge is 0.0658 e. The van der Waals surface area contributed by atoms with E-state index in [0.29, 0.717) is 6.61 Å². The molecule has 1 aromatic carbocycles. The van der Waals surface area contributed by atoms with E-state index in [-0.39, 0.29) is 6.04 Å². The molecular formula is C13H17NOS. The van der Waals surface area contributed by atoms with E-state index in [2.05, 4.69) is 41.9 Å². The van der Waals surface area contributed by atoms with E-state index in [4.69, 9.17) is 4.74 Å². The molecule has 3 heteroatoms. The SMILES string of the molecule is CCNC(COC)c1cccc2ccsc12. The van der Waals surface area contributed by atoms with Crippen LogP contribution in [0, 0.1) is 0 Å². The minimum absolute atomic E-state index is 0.289. The molecule has 86 valence electrons. The van der Waals surface area contributed by atoms with Crippen LogP contribution in [-0.4, -0.2) is 20.3 Å². The lowest BCUT2D eigenvalue weighted by atomic mass is 10.1. The van der Waals surface area contributed by atoms with E-state index < -0.39 is 0 Å². The van der Waals surface area contributed by atoms with Crippen LogP contribution in [0.3, 0.4) is 0 Å². The van der Waals surface area contributed by atoms with Gasteiger partial charge in [0.05, 0.1) is 12.6 Å². The summed E-state index contributed by atoms with van der Waals surface area (Å²) in [4.78, 5) is 0. The predicted octanol–water partition coefficient (Wildman–Crippen LogP) is 3.20. The van der Waals surface area contributed by atoms with Crippen LogP contribution in [0.15, 0.2) is 29.6 Å². The summed E-state index contributed by atoms with van der Waals surface area (Å²) in [5, 5.41) is 6.93. The second-order valence-corrected chi connectivity index (χ2v) is 4.67. The monoisotopic (exact) mass is 235 g/mol. The van der Waals surface area contributed by atoms with Gasteiger partial charge in [-0.1, -0.05) is 25.1 Å². The standard InChI is InChI=1S/C13H17NOS/c1-3-14-12(9-15-2)11-6-4-5-10-7-8-16-13(10)11/h4-8,12,14H,3,9H2,1-2H3. The van der Waals surface area contributed by atoms with E-state index >= 15 is 0 Å². The second kappa shape index (κ2) is 5.43. The van der Waals surface area contributed by atoms with Crippen molar-refractivity contribution in [2.45, 2.75) is 13.0 Å². The van der Waals surface area contributed by atoms with Gasteiger partial charge in [-0.05, 0) is 28.9 Å². The fraction of sp³-hybridized carbons (Fsp3) is 0.385. The van der Waals surface area contributed by atoms with E-state index in [0.717, 1.165) is 6.54 Å².